The van der Waals surface area contributed by atoms with Gasteiger partial charge in [-0.15, -0.1) is 11.8 Å². The van der Waals surface area contributed by atoms with Gasteiger partial charge in [-0.2, -0.15) is 0 Å². The maximum atomic E-state index is 11.8. The van der Waals surface area contributed by atoms with Crippen LogP contribution < -0.4 is 34.7 Å². The first-order valence-corrected chi connectivity index (χ1v) is 6.07. The van der Waals surface area contributed by atoms with Crippen LogP contribution in [0.15, 0.2) is 11.6 Å². The number of aliphatic carboxylic acids is 1. The molecule has 0 spiro atoms. The van der Waals surface area contributed by atoms with Crippen molar-refractivity contribution in [1.29, 1.82) is 0 Å². The number of carbonyl (C=O) groups excluding carboxylic acids is 3. The van der Waals surface area contributed by atoms with Crippen LogP contribution in [0.3, 0.4) is 0 Å². The van der Waals surface area contributed by atoms with Crippen LogP contribution in [0.25, 0.3) is 0 Å². The minimum absolute atomic E-state index is 0. The summed E-state index contributed by atoms with van der Waals surface area (Å²) in [5, 5.41) is 10.7. The van der Waals surface area contributed by atoms with E-state index in [1.54, 1.807) is 13.8 Å². The number of nitrogens with zero attached hydrogens (tertiary/aromatic N) is 1. The third-order valence-electron chi connectivity index (χ3n) is 2.93. The first-order valence-electron chi connectivity index (χ1n) is 5.19. The van der Waals surface area contributed by atoms with E-state index < -0.39 is 16.8 Å². The number of fused-ring (bicyclic) bond motifs is 1. The van der Waals surface area contributed by atoms with Crippen molar-refractivity contribution >= 4 is 29.4 Å². The van der Waals surface area contributed by atoms with Crippen LogP contribution >= 0.6 is 11.8 Å². The molecule has 92 valence electrons. The van der Waals surface area contributed by atoms with Crippen LogP contribution in [-0.2, 0) is 14.4 Å². The van der Waals surface area contributed by atoms with E-state index >= 15 is 0 Å². The van der Waals surface area contributed by atoms with Crippen LogP contribution in [0, 0.1) is 0 Å². The Balaban J connectivity index is 0.00000162. The van der Waals surface area contributed by atoms with Crippen LogP contribution in [0.1, 0.15) is 20.8 Å². The molecule has 0 aromatic rings. The summed E-state index contributed by atoms with van der Waals surface area (Å²) in [5.74, 6) is -1.83. The second kappa shape index (κ2) is 5.00. The number of carboxylic acids is 1. The summed E-state index contributed by atoms with van der Waals surface area (Å²) in [7, 11) is 0. The van der Waals surface area contributed by atoms with Gasteiger partial charge in [0, 0.05) is 4.75 Å². The quantitative estimate of drug-likeness (QED) is 0.295. The Bertz CT molecular complexity index is 460. The van der Waals surface area contributed by atoms with Crippen molar-refractivity contribution in [2.45, 2.75) is 36.9 Å². The van der Waals surface area contributed by atoms with Crippen molar-refractivity contribution in [2.24, 2.45) is 0 Å². The molecule has 18 heavy (non-hydrogen) atoms. The Hall–Kier alpha value is -0.300. The molecule has 2 atom stereocenters. The maximum Gasteiger partial charge on any atom is 1.00 e. The van der Waals surface area contributed by atoms with E-state index in [1.807, 2.05) is 0 Å². The predicted molar refractivity (Wildman–Crippen MR) is 59.9 cm³/mol. The molecule has 0 saturated carbocycles. The van der Waals surface area contributed by atoms with E-state index in [9.17, 15) is 19.5 Å². The van der Waals surface area contributed by atoms with Crippen molar-refractivity contribution in [3.8, 4) is 0 Å². The topological polar surface area (TPSA) is 77.5 Å². The van der Waals surface area contributed by atoms with E-state index in [-0.39, 0.29) is 46.6 Å². The van der Waals surface area contributed by atoms with Gasteiger partial charge in [0.2, 0.25) is 0 Å². The van der Waals surface area contributed by atoms with Crippen molar-refractivity contribution in [3.05, 3.63) is 11.6 Å². The molecule has 2 fully saturated rings. The molecule has 7 heteroatoms. The minimum Gasteiger partial charge on any atom is -0.548 e. The summed E-state index contributed by atoms with van der Waals surface area (Å²) >= 11 is 1.37. The predicted octanol–water partition coefficient (Wildman–Crippen LogP) is -3.68. The Morgan fingerprint density at radius 1 is 1.44 bits per heavy atom. The second-order valence-electron chi connectivity index (χ2n) is 4.72. The minimum atomic E-state index is -1.25. The Morgan fingerprint density at radius 3 is 2.44 bits per heavy atom. The maximum absolute atomic E-state index is 11.8. The van der Waals surface area contributed by atoms with Crippen LogP contribution in [0.4, 0.5) is 0 Å². The van der Waals surface area contributed by atoms with Crippen molar-refractivity contribution < 1.29 is 49.0 Å². The molecular weight excluding hydrogens is 265 g/mol. The van der Waals surface area contributed by atoms with E-state index in [4.69, 9.17) is 0 Å². The Labute approximate surface area is 131 Å². The smallest absolute Gasteiger partial charge is 0.548 e. The molecule has 5 nitrogen and oxygen atoms in total. The van der Waals surface area contributed by atoms with Crippen LogP contribution in [-0.4, -0.2) is 38.7 Å². The standard InChI is InChI=1S/C11H13NO4S.Na/c1-5(13)4-6-8(14)12-7(10(15)16)11(2,3)17-9(6)12;/h4,7,9H,1-3H3,(H,15,16);/q;+1/p-1/t7-,9+;/m0./s1. The van der Waals surface area contributed by atoms with E-state index in [0.717, 1.165) is 0 Å². The summed E-state index contributed by atoms with van der Waals surface area (Å²) in [5.41, 5.74) is 0.388. The monoisotopic (exact) mass is 277 g/mol. The SMILES string of the molecule is CC(=O)C=C1C(=O)N2[C@@H]1SC(C)(C)[C@@H]2C(=O)[O-].[Na+]. The van der Waals surface area contributed by atoms with Crippen molar-refractivity contribution in [2.75, 3.05) is 0 Å². The number of allylic oxidation sites excluding steroid dienone is 1. The van der Waals surface area contributed by atoms with Gasteiger partial charge in [-0.3, -0.25) is 9.59 Å². The summed E-state index contributed by atoms with van der Waals surface area (Å²) in [6.45, 7) is 4.88. The van der Waals surface area contributed by atoms with Gasteiger partial charge in [-0.05, 0) is 26.8 Å². The number of carbonyl (C=O) groups is 3. The number of β-lactam (4-membered cyclic amide) rings is 1. The van der Waals surface area contributed by atoms with Gasteiger partial charge in [-0.1, -0.05) is 0 Å². The van der Waals surface area contributed by atoms with Gasteiger partial charge in [0.15, 0.2) is 5.78 Å². The molecule has 2 heterocycles. The third kappa shape index (κ3) is 2.27. The summed E-state index contributed by atoms with van der Waals surface area (Å²) < 4.78 is -0.606. The molecule has 2 rings (SSSR count). The number of amides is 1. The first kappa shape index (κ1) is 15.8. The van der Waals surface area contributed by atoms with Gasteiger partial charge in [0.05, 0.1) is 17.6 Å². The molecule has 0 bridgehead atoms. The largest absolute Gasteiger partial charge is 1.00 e. The summed E-state index contributed by atoms with van der Waals surface area (Å²) in [6, 6.07) is -0.936. The Kier molecular flexibility index (Phi) is 4.37. The van der Waals surface area contributed by atoms with Gasteiger partial charge in [-0.25, -0.2) is 0 Å². The molecule has 0 aliphatic carbocycles. The molecule has 1 amide bonds. The third-order valence-corrected chi connectivity index (χ3v) is 4.47. The van der Waals surface area contributed by atoms with E-state index in [0.29, 0.717) is 5.57 Å². The normalized spacial score (nSPS) is 30.5. The van der Waals surface area contributed by atoms with E-state index in [1.165, 1.54) is 29.7 Å². The zero-order valence-corrected chi connectivity index (χ0v) is 13.5. The molecule has 0 unspecified atom stereocenters. The molecule has 0 N–H and O–H groups in total. The molecule has 2 aliphatic heterocycles. The van der Waals surface area contributed by atoms with Gasteiger partial charge in [0.25, 0.3) is 5.91 Å². The molecule has 0 aromatic carbocycles. The molecular formula is C11H12NNaO4S. The molecule has 0 radical (unpaired) electrons. The summed E-state index contributed by atoms with van der Waals surface area (Å²) in [4.78, 5) is 35.1. The van der Waals surface area contributed by atoms with Crippen molar-refractivity contribution in [3.63, 3.8) is 0 Å². The first-order chi connectivity index (χ1) is 7.75. The van der Waals surface area contributed by atoms with Gasteiger partial charge >= 0.3 is 29.6 Å². The average molecular weight is 277 g/mol. The second-order valence-corrected chi connectivity index (χ2v) is 6.45. The number of hydrogen-bond acceptors (Lipinski definition) is 5. The molecule has 2 saturated heterocycles. The molecule has 0 aromatic heterocycles. The zero-order chi connectivity index (χ0) is 13.0. The number of carboxylic acid groups (broad SMARTS) is 1. The number of thioether (sulfide) groups is 1. The zero-order valence-electron chi connectivity index (χ0n) is 10.7. The summed E-state index contributed by atoms with van der Waals surface area (Å²) in [6.07, 6.45) is 1.28. The fourth-order valence-corrected chi connectivity index (χ4v) is 3.80. The number of hydrogen-bond donors (Lipinski definition) is 0. The van der Waals surface area contributed by atoms with Gasteiger partial charge < -0.3 is 14.8 Å². The average Bonchev–Trinajstić information content (AvgIpc) is 2.43. The Morgan fingerprint density at radius 2 is 2.00 bits per heavy atom. The number of ketones is 1. The number of rotatable bonds is 2. The van der Waals surface area contributed by atoms with Crippen molar-refractivity contribution in [1.82, 2.24) is 4.90 Å². The van der Waals surface area contributed by atoms with Gasteiger partial charge in [0.1, 0.15) is 5.37 Å². The van der Waals surface area contributed by atoms with Crippen LogP contribution in [0.2, 0.25) is 0 Å². The van der Waals surface area contributed by atoms with E-state index in [2.05, 4.69) is 0 Å². The van der Waals surface area contributed by atoms with Crippen LogP contribution in [0.5, 0.6) is 0 Å². The fourth-order valence-electron chi connectivity index (χ4n) is 2.25. The molecule has 2 aliphatic rings. The fraction of sp³-hybridized carbons (Fsp3) is 0.545.